The number of phenolic OH excluding ortho intramolecular Hbond substituents is 1. The Morgan fingerprint density at radius 1 is 1.06 bits per heavy atom. The van der Waals surface area contributed by atoms with Crippen molar-refractivity contribution in [3.05, 3.63) is 35.9 Å². The molecule has 0 atom stereocenters. The Labute approximate surface area is 110 Å². The van der Waals surface area contributed by atoms with Gasteiger partial charge in [-0.25, -0.2) is 0 Å². The Morgan fingerprint density at radius 3 is 2.11 bits per heavy atom. The van der Waals surface area contributed by atoms with E-state index < -0.39 is 0 Å². The standard InChI is InChI=1S/C16H23NO/c1-15(2)10-13(11-16(3,4)17(15)5)12-6-8-14(18)9-7-12/h6-10,18H,11H2,1-5H3. The average molecular weight is 245 g/mol. The van der Waals surface area contributed by atoms with Gasteiger partial charge >= 0.3 is 0 Å². The van der Waals surface area contributed by atoms with Crippen molar-refractivity contribution in [3.63, 3.8) is 0 Å². The molecule has 2 heteroatoms. The lowest BCUT2D eigenvalue weighted by atomic mass is 9.79. The van der Waals surface area contributed by atoms with Gasteiger partial charge in [-0.3, -0.25) is 4.90 Å². The second-order valence-electron chi connectivity index (χ2n) is 6.42. The van der Waals surface area contributed by atoms with Crippen LogP contribution >= 0.6 is 0 Å². The number of nitrogens with zero attached hydrogens (tertiary/aromatic N) is 1. The summed E-state index contributed by atoms with van der Waals surface area (Å²) < 4.78 is 0. The molecule has 1 aliphatic heterocycles. The molecule has 1 aromatic carbocycles. The summed E-state index contributed by atoms with van der Waals surface area (Å²) in [6.45, 7) is 9.05. The first-order valence-corrected chi connectivity index (χ1v) is 6.47. The van der Waals surface area contributed by atoms with Crippen LogP contribution in [0.3, 0.4) is 0 Å². The van der Waals surface area contributed by atoms with Gasteiger partial charge in [0.05, 0.1) is 0 Å². The molecule has 2 nitrogen and oxygen atoms in total. The van der Waals surface area contributed by atoms with Gasteiger partial charge in [-0.05, 0) is 64.4 Å². The Bertz CT molecular complexity index is 468. The Kier molecular flexibility index (Phi) is 3.02. The van der Waals surface area contributed by atoms with E-state index in [4.69, 9.17) is 0 Å². The average Bonchev–Trinajstić information content (AvgIpc) is 2.26. The van der Waals surface area contributed by atoms with Crippen LogP contribution in [0.2, 0.25) is 0 Å². The maximum Gasteiger partial charge on any atom is 0.115 e. The molecule has 0 amide bonds. The van der Waals surface area contributed by atoms with E-state index in [9.17, 15) is 5.11 Å². The molecule has 0 fully saturated rings. The summed E-state index contributed by atoms with van der Waals surface area (Å²) in [5.74, 6) is 0.325. The lowest BCUT2D eigenvalue weighted by Crippen LogP contribution is -2.54. The van der Waals surface area contributed by atoms with Crippen molar-refractivity contribution in [1.29, 1.82) is 0 Å². The third-order valence-electron chi connectivity index (χ3n) is 4.16. The van der Waals surface area contributed by atoms with Crippen LogP contribution in [0.15, 0.2) is 30.3 Å². The largest absolute Gasteiger partial charge is 0.508 e. The van der Waals surface area contributed by atoms with Gasteiger partial charge in [0.25, 0.3) is 0 Å². The predicted octanol–water partition coefficient (Wildman–Crippen LogP) is 3.67. The summed E-state index contributed by atoms with van der Waals surface area (Å²) in [6, 6.07) is 7.51. The quantitative estimate of drug-likeness (QED) is 0.816. The van der Waals surface area contributed by atoms with Crippen LogP contribution in [0, 0.1) is 0 Å². The number of rotatable bonds is 1. The molecule has 1 aromatic rings. The molecule has 2 rings (SSSR count). The van der Waals surface area contributed by atoms with E-state index in [1.807, 2.05) is 12.1 Å². The van der Waals surface area contributed by atoms with Gasteiger partial charge in [0, 0.05) is 11.1 Å². The van der Waals surface area contributed by atoms with Crippen molar-refractivity contribution in [2.45, 2.75) is 45.2 Å². The van der Waals surface area contributed by atoms with Crippen LogP contribution in [-0.4, -0.2) is 28.1 Å². The first-order chi connectivity index (χ1) is 8.22. The second kappa shape index (κ2) is 4.13. The van der Waals surface area contributed by atoms with Crippen molar-refractivity contribution in [2.24, 2.45) is 0 Å². The zero-order valence-electron chi connectivity index (χ0n) is 12.0. The van der Waals surface area contributed by atoms with Gasteiger partial charge < -0.3 is 5.11 Å². The normalized spacial score (nSPS) is 22.6. The van der Waals surface area contributed by atoms with Crippen LogP contribution in [0.1, 0.15) is 39.7 Å². The third-order valence-corrected chi connectivity index (χ3v) is 4.16. The fourth-order valence-electron chi connectivity index (χ4n) is 2.80. The molecule has 0 aromatic heterocycles. The summed E-state index contributed by atoms with van der Waals surface area (Å²) >= 11 is 0. The molecule has 18 heavy (non-hydrogen) atoms. The fraction of sp³-hybridized carbons (Fsp3) is 0.500. The van der Waals surface area contributed by atoms with Crippen LogP contribution in [0.4, 0.5) is 0 Å². The maximum absolute atomic E-state index is 9.37. The first kappa shape index (κ1) is 13.2. The van der Waals surface area contributed by atoms with E-state index in [2.05, 4.69) is 45.7 Å². The summed E-state index contributed by atoms with van der Waals surface area (Å²) in [4.78, 5) is 2.42. The molecule has 0 unspecified atom stereocenters. The molecule has 0 aliphatic carbocycles. The van der Waals surface area contributed by atoms with E-state index in [0.717, 1.165) is 6.42 Å². The zero-order chi connectivity index (χ0) is 13.6. The molecule has 0 saturated carbocycles. The number of phenols is 1. The number of hydrogen-bond acceptors (Lipinski definition) is 2. The molecule has 1 aliphatic rings. The number of hydrogen-bond donors (Lipinski definition) is 1. The molecule has 0 bridgehead atoms. The van der Waals surface area contributed by atoms with E-state index in [1.54, 1.807) is 12.1 Å². The molecule has 1 heterocycles. The molecule has 0 spiro atoms. The summed E-state index contributed by atoms with van der Waals surface area (Å²) in [5.41, 5.74) is 2.77. The summed E-state index contributed by atoms with van der Waals surface area (Å²) in [7, 11) is 2.18. The van der Waals surface area contributed by atoms with Crippen LogP contribution in [0.5, 0.6) is 5.75 Å². The van der Waals surface area contributed by atoms with Crippen LogP contribution in [-0.2, 0) is 0 Å². The minimum Gasteiger partial charge on any atom is -0.508 e. The molecule has 98 valence electrons. The van der Waals surface area contributed by atoms with E-state index in [-0.39, 0.29) is 11.1 Å². The van der Waals surface area contributed by atoms with Gasteiger partial charge in [0.2, 0.25) is 0 Å². The third kappa shape index (κ3) is 2.30. The van der Waals surface area contributed by atoms with E-state index in [1.165, 1.54) is 11.1 Å². The molecular weight excluding hydrogens is 222 g/mol. The number of likely N-dealkylation sites (N-methyl/N-ethyl adjacent to an activating group) is 1. The highest BCUT2D eigenvalue weighted by atomic mass is 16.3. The molecular formula is C16H23NO. The minimum atomic E-state index is 0.0506. The monoisotopic (exact) mass is 245 g/mol. The van der Waals surface area contributed by atoms with Gasteiger partial charge in [-0.2, -0.15) is 0 Å². The van der Waals surface area contributed by atoms with Gasteiger partial charge in [0.15, 0.2) is 0 Å². The highest BCUT2D eigenvalue weighted by Crippen LogP contribution is 2.39. The van der Waals surface area contributed by atoms with Gasteiger partial charge in [0.1, 0.15) is 5.75 Å². The lowest BCUT2D eigenvalue weighted by molar-refractivity contribution is 0.0697. The zero-order valence-corrected chi connectivity index (χ0v) is 12.0. The topological polar surface area (TPSA) is 23.5 Å². The fourth-order valence-corrected chi connectivity index (χ4v) is 2.80. The van der Waals surface area contributed by atoms with Crippen molar-refractivity contribution in [2.75, 3.05) is 7.05 Å². The van der Waals surface area contributed by atoms with E-state index in [0.29, 0.717) is 5.75 Å². The molecule has 0 radical (unpaired) electrons. The smallest absolute Gasteiger partial charge is 0.115 e. The van der Waals surface area contributed by atoms with Crippen LogP contribution < -0.4 is 0 Å². The van der Waals surface area contributed by atoms with Gasteiger partial charge in [-0.1, -0.05) is 18.2 Å². The number of benzene rings is 1. The minimum absolute atomic E-state index is 0.0506. The Morgan fingerprint density at radius 2 is 1.61 bits per heavy atom. The van der Waals surface area contributed by atoms with E-state index >= 15 is 0 Å². The Balaban J connectivity index is 2.43. The first-order valence-electron chi connectivity index (χ1n) is 6.47. The van der Waals surface area contributed by atoms with Crippen molar-refractivity contribution < 1.29 is 5.11 Å². The highest BCUT2D eigenvalue weighted by molar-refractivity contribution is 5.69. The molecule has 1 N–H and O–H groups in total. The second-order valence-corrected chi connectivity index (χ2v) is 6.42. The predicted molar refractivity (Wildman–Crippen MR) is 76.6 cm³/mol. The summed E-state index contributed by atoms with van der Waals surface area (Å²) in [5, 5.41) is 9.37. The van der Waals surface area contributed by atoms with Crippen molar-refractivity contribution in [1.82, 2.24) is 4.90 Å². The molecule has 0 saturated heterocycles. The lowest BCUT2D eigenvalue weighted by Gasteiger charge is -2.49. The maximum atomic E-state index is 9.37. The highest BCUT2D eigenvalue weighted by Gasteiger charge is 2.38. The Hall–Kier alpha value is -1.28. The number of aromatic hydroxyl groups is 1. The van der Waals surface area contributed by atoms with Crippen molar-refractivity contribution in [3.8, 4) is 5.75 Å². The SMILES string of the molecule is CN1C(C)(C)C=C(c2ccc(O)cc2)CC1(C)C. The summed E-state index contributed by atoms with van der Waals surface area (Å²) in [6.07, 6.45) is 3.36. The van der Waals surface area contributed by atoms with Gasteiger partial charge in [-0.15, -0.1) is 0 Å². The van der Waals surface area contributed by atoms with Crippen LogP contribution in [0.25, 0.3) is 5.57 Å². The van der Waals surface area contributed by atoms with Crippen molar-refractivity contribution >= 4 is 5.57 Å².